The molecule has 1 atom stereocenters. The largest absolute Gasteiger partial charge is 0.474 e. The summed E-state index contributed by atoms with van der Waals surface area (Å²) in [5.41, 5.74) is 0. The van der Waals surface area contributed by atoms with Crippen LogP contribution in [0.15, 0.2) is 12.4 Å². The summed E-state index contributed by atoms with van der Waals surface area (Å²) >= 11 is 0. The second kappa shape index (κ2) is 7.87. The Morgan fingerprint density at radius 3 is 2.82 bits per heavy atom. The first-order valence-corrected chi connectivity index (χ1v) is 6.42. The van der Waals surface area contributed by atoms with E-state index in [1.165, 1.54) is 25.7 Å². The monoisotopic (exact) mass is 237 g/mol. The van der Waals surface area contributed by atoms with E-state index in [-0.39, 0.29) is 6.10 Å². The molecule has 0 fully saturated rings. The van der Waals surface area contributed by atoms with Crippen molar-refractivity contribution in [1.29, 1.82) is 0 Å². The van der Waals surface area contributed by atoms with Crippen LogP contribution in [0.25, 0.3) is 0 Å². The Morgan fingerprint density at radius 2 is 2.12 bits per heavy atom. The molecule has 0 saturated heterocycles. The summed E-state index contributed by atoms with van der Waals surface area (Å²) in [7, 11) is 1.82. The van der Waals surface area contributed by atoms with E-state index in [4.69, 9.17) is 4.74 Å². The van der Waals surface area contributed by atoms with E-state index in [9.17, 15) is 0 Å². The molecule has 0 aromatic carbocycles. The van der Waals surface area contributed by atoms with Gasteiger partial charge in [-0.15, -0.1) is 0 Å². The molecule has 96 valence electrons. The van der Waals surface area contributed by atoms with Gasteiger partial charge in [0.15, 0.2) is 0 Å². The molecule has 4 heteroatoms. The average Bonchev–Trinajstić information content (AvgIpc) is 2.35. The zero-order chi connectivity index (χ0) is 12.5. The molecule has 1 N–H and O–H groups in total. The summed E-state index contributed by atoms with van der Waals surface area (Å²) in [5.74, 6) is 1.33. The lowest BCUT2D eigenvalue weighted by atomic mass is 10.1. The summed E-state index contributed by atoms with van der Waals surface area (Å²) in [4.78, 5) is 8.35. The quantitative estimate of drug-likeness (QED) is 0.705. The molecule has 1 rings (SSSR count). The molecule has 1 aromatic heterocycles. The zero-order valence-corrected chi connectivity index (χ0v) is 11.1. The van der Waals surface area contributed by atoms with Crippen molar-refractivity contribution in [3.8, 4) is 5.88 Å². The number of hydrogen-bond donors (Lipinski definition) is 1. The van der Waals surface area contributed by atoms with E-state index >= 15 is 0 Å². The van der Waals surface area contributed by atoms with Gasteiger partial charge in [-0.05, 0) is 19.8 Å². The summed E-state index contributed by atoms with van der Waals surface area (Å²) in [6.45, 7) is 4.30. The minimum atomic E-state index is 0.202. The molecular weight excluding hydrogens is 214 g/mol. The van der Waals surface area contributed by atoms with Crippen molar-refractivity contribution in [2.45, 2.75) is 52.1 Å². The number of rotatable bonds is 8. The highest BCUT2D eigenvalue weighted by Crippen LogP contribution is 2.13. The van der Waals surface area contributed by atoms with Crippen LogP contribution >= 0.6 is 0 Å². The van der Waals surface area contributed by atoms with Crippen molar-refractivity contribution in [3.63, 3.8) is 0 Å². The topological polar surface area (TPSA) is 47.0 Å². The Morgan fingerprint density at radius 1 is 1.29 bits per heavy atom. The molecule has 0 spiro atoms. The number of ether oxygens (including phenoxy) is 1. The number of unbranched alkanes of at least 4 members (excludes halogenated alkanes) is 3. The smallest absolute Gasteiger partial charge is 0.234 e. The first kappa shape index (κ1) is 13.7. The maximum atomic E-state index is 5.72. The molecule has 0 radical (unpaired) electrons. The lowest BCUT2D eigenvalue weighted by Crippen LogP contribution is -2.13. The van der Waals surface area contributed by atoms with E-state index < -0.39 is 0 Å². The number of hydrogen-bond acceptors (Lipinski definition) is 4. The average molecular weight is 237 g/mol. The van der Waals surface area contributed by atoms with Gasteiger partial charge < -0.3 is 10.1 Å². The molecule has 0 bridgehead atoms. The lowest BCUT2D eigenvalue weighted by Gasteiger charge is -2.13. The standard InChI is InChI=1S/C13H23N3O/c1-4-5-6-7-8-11(2)17-13-10-15-9-12(14-3)16-13/h9-11H,4-8H2,1-3H3,(H,14,16). The van der Waals surface area contributed by atoms with Gasteiger partial charge in [-0.2, -0.15) is 4.98 Å². The van der Waals surface area contributed by atoms with Crippen LogP contribution in [0.1, 0.15) is 46.0 Å². The van der Waals surface area contributed by atoms with Crippen LogP contribution in [-0.2, 0) is 0 Å². The van der Waals surface area contributed by atoms with Crippen molar-refractivity contribution in [2.24, 2.45) is 0 Å². The van der Waals surface area contributed by atoms with Gasteiger partial charge in [-0.25, -0.2) is 0 Å². The number of anilines is 1. The molecule has 0 aliphatic heterocycles. The van der Waals surface area contributed by atoms with Gasteiger partial charge in [0.05, 0.1) is 18.5 Å². The van der Waals surface area contributed by atoms with E-state index in [1.54, 1.807) is 12.4 Å². The van der Waals surface area contributed by atoms with E-state index in [0.29, 0.717) is 5.88 Å². The zero-order valence-electron chi connectivity index (χ0n) is 11.1. The molecule has 1 aromatic rings. The second-order valence-electron chi connectivity index (χ2n) is 4.27. The Hall–Kier alpha value is -1.32. The maximum Gasteiger partial charge on any atom is 0.234 e. The fourth-order valence-corrected chi connectivity index (χ4v) is 1.65. The second-order valence-corrected chi connectivity index (χ2v) is 4.27. The number of aromatic nitrogens is 2. The van der Waals surface area contributed by atoms with Gasteiger partial charge in [0.1, 0.15) is 5.82 Å². The Kier molecular flexibility index (Phi) is 6.37. The predicted molar refractivity (Wildman–Crippen MR) is 70.4 cm³/mol. The summed E-state index contributed by atoms with van der Waals surface area (Å²) in [6, 6.07) is 0. The molecule has 4 nitrogen and oxygen atoms in total. The number of nitrogens with one attached hydrogen (secondary N) is 1. The first-order valence-electron chi connectivity index (χ1n) is 6.42. The van der Waals surface area contributed by atoms with E-state index in [0.717, 1.165) is 12.2 Å². The maximum absolute atomic E-state index is 5.72. The van der Waals surface area contributed by atoms with Crippen LogP contribution in [-0.4, -0.2) is 23.1 Å². The fourth-order valence-electron chi connectivity index (χ4n) is 1.65. The summed E-state index contributed by atoms with van der Waals surface area (Å²) in [5, 5.41) is 2.95. The SMILES string of the molecule is CCCCCCC(C)Oc1cncc(NC)n1. The van der Waals surface area contributed by atoms with Crippen molar-refractivity contribution >= 4 is 5.82 Å². The Balaban J connectivity index is 2.31. The Bertz CT molecular complexity index is 317. The molecule has 1 unspecified atom stereocenters. The summed E-state index contributed by atoms with van der Waals surface area (Å²) in [6.07, 6.45) is 9.69. The first-order chi connectivity index (χ1) is 8.26. The van der Waals surface area contributed by atoms with Crippen molar-refractivity contribution in [3.05, 3.63) is 12.4 Å². The molecule has 0 aliphatic rings. The van der Waals surface area contributed by atoms with Gasteiger partial charge in [0, 0.05) is 7.05 Å². The van der Waals surface area contributed by atoms with Crippen molar-refractivity contribution < 1.29 is 4.74 Å². The van der Waals surface area contributed by atoms with Gasteiger partial charge in [0.2, 0.25) is 5.88 Å². The van der Waals surface area contributed by atoms with Crippen LogP contribution in [0.5, 0.6) is 5.88 Å². The van der Waals surface area contributed by atoms with Gasteiger partial charge in [0.25, 0.3) is 0 Å². The molecular formula is C13H23N3O. The minimum Gasteiger partial charge on any atom is -0.474 e. The molecule has 0 amide bonds. The predicted octanol–water partition coefficient (Wildman–Crippen LogP) is 3.26. The molecule has 0 saturated carbocycles. The van der Waals surface area contributed by atoms with Crippen molar-refractivity contribution in [2.75, 3.05) is 12.4 Å². The van der Waals surface area contributed by atoms with Crippen LogP contribution in [0.2, 0.25) is 0 Å². The third-order valence-electron chi connectivity index (χ3n) is 2.65. The minimum absolute atomic E-state index is 0.202. The van der Waals surface area contributed by atoms with Crippen LogP contribution < -0.4 is 10.1 Å². The highest BCUT2D eigenvalue weighted by atomic mass is 16.5. The molecule has 17 heavy (non-hydrogen) atoms. The lowest BCUT2D eigenvalue weighted by molar-refractivity contribution is 0.197. The fraction of sp³-hybridized carbons (Fsp3) is 0.692. The van der Waals surface area contributed by atoms with Gasteiger partial charge in [-0.1, -0.05) is 26.2 Å². The normalized spacial score (nSPS) is 12.2. The number of nitrogens with zero attached hydrogens (tertiary/aromatic N) is 2. The van der Waals surface area contributed by atoms with E-state index in [2.05, 4.69) is 29.1 Å². The highest BCUT2D eigenvalue weighted by Gasteiger charge is 2.05. The molecule has 1 heterocycles. The van der Waals surface area contributed by atoms with Crippen LogP contribution in [0.3, 0.4) is 0 Å². The van der Waals surface area contributed by atoms with Crippen molar-refractivity contribution in [1.82, 2.24) is 9.97 Å². The summed E-state index contributed by atoms with van der Waals surface area (Å²) < 4.78 is 5.72. The van der Waals surface area contributed by atoms with Gasteiger partial charge in [-0.3, -0.25) is 4.98 Å². The Labute approximate surface area is 104 Å². The third-order valence-corrected chi connectivity index (χ3v) is 2.65. The highest BCUT2D eigenvalue weighted by molar-refractivity contribution is 5.31. The third kappa shape index (κ3) is 5.52. The molecule has 0 aliphatic carbocycles. The van der Waals surface area contributed by atoms with Gasteiger partial charge >= 0.3 is 0 Å². The van der Waals surface area contributed by atoms with E-state index in [1.807, 2.05) is 7.05 Å². The van der Waals surface area contributed by atoms with Crippen LogP contribution in [0.4, 0.5) is 5.82 Å². The van der Waals surface area contributed by atoms with Crippen LogP contribution in [0, 0.1) is 0 Å².